The fraction of sp³-hybridized carbons (Fsp3) is 0.250. The molecule has 1 heterocycles. The average molecular weight is 463 g/mol. The van der Waals surface area contributed by atoms with E-state index in [1.54, 1.807) is 12.1 Å². The molecule has 1 amide bonds. The van der Waals surface area contributed by atoms with E-state index in [2.05, 4.69) is 20.2 Å². The number of methoxy groups -OCH3 is 1. The van der Waals surface area contributed by atoms with E-state index >= 15 is 0 Å². The molecule has 0 bridgehead atoms. The second kappa shape index (κ2) is 8.56. The van der Waals surface area contributed by atoms with Crippen molar-refractivity contribution in [3.05, 3.63) is 64.8 Å². The summed E-state index contributed by atoms with van der Waals surface area (Å²) in [6.45, 7) is 0.0491. The van der Waals surface area contributed by atoms with E-state index in [-0.39, 0.29) is 22.7 Å². The molecule has 1 saturated carbocycles. The van der Waals surface area contributed by atoms with Gasteiger partial charge in [0.05, 0.1) is 24.2 Å². The van der Waals surface area contributed by atoms with Crippen LogP contribution in [0.2, 0.25) is 5.02 Å². The largest absolute Gasteiger partial charge is 0.495 e. The van der Waals surface area contributed by atoms with E-state index in [0.717, 1.165) is 12.8 Å². The van der Waals surface area contributed by atoms with Crippen molar-refractivity contribution < 1.29 is 22.5 Å². The number of hydrogen-bond acceptors (Lipinski definition) is 7. The minimum Gasteiger partial charge on any atom is -0.495 e. The number of nitrogens with zero attached hydrogens (tertiary/aromatic N) is 2. The van der Waals surface area contributed by atoms with Crippen LogP contribution >= 0.6 is 11.6 Å². The predicted molar refractivity (Wildman–Crippen MR) is 113 cm³/mol. The molecular formula is C20H19ClN4O5S. The third-order valence-electron chi connectivity index (χ3n) is 4.64. The van der Waals surface area contributed by atoms with Crippen molar-refractivity contribution >= 4 is 33.2 Å². The molecule has 2 aromatic carbocycles. The lowest BCUT2D eigenvalue weighted by Gasteiger charge is -2.13. The SMILES string of the molecule is COc1ccc(Cl)cc1NS(=O)(=O)c1cccc(C(=O)NCc2nc(C3CC3)no2)c1. The number of ether oxygens (including phenoxy) is 1. The lowest BCUT2D eigenvalue weighted by atomic mass is 10.2. The number of halogens is 1. The number of carbonyl (C=O) groups is 1. The van der Waals surface area contributed by atoms with Crippen molar-refractivity contribution in [3.63, 3.8) is 0 Å². The Hall–Kier alpha value is -3.11. The van der Waals surface area contributed by atoms with Crippen molar-refractivity contribution in [2.24, 2.45) is 0 Å². The van der Waals surface area contributed by atoms with Gasteiger partial charge in [0.15, 0.2) is 5.82 Å². The molecule has 0 atom stereocenters. The molecule has 1 aliphatic rings. The number of sulfonamides is 1. The maximum Gasteiger partial charge on any atom is 0.262 e. The average Bonchev–Trinajstić information content (AvgIpc) is 3.50. The Bertz CT molecular complexity index is 1220. The van der Waals surface area contributed by atoms with Gasteiger partial charge in [0.25, 0.3) is 15.9 Å². The number of aromatic nitrogens is 2. The highest BCUT2D eigenvalue weighted by atomic mass is 35.5. The fourth-order valence-corrected chi connectivity index (χ4v) is 4.15. The van der Waals surface area contributed by atoms with Gasteiger partial charge >= 0.3 is 0 Å². The van der Waals surface area contributed by atoms with Crippen LogP contribution < -0.4 is 14.8 Å². The minimum atomic E-state index is -3.99. The number of anilines is 1. The highest BCUT2D eigenvalue weighted by Gasteiger charge is 2.28. The van der Waals surface area contributed by atoms with Crippen LogP contribution in [0.5, 0.6) is 5.75 Å². The van der Waals surface area contributed by atoms with Crippen molar-refractivity contribution in [1.82, 2.24) is 15.5 Å². The molecule has 2 N–H and O–H groups in total. The summed E-state index contributed by atoms with van der Waals surface area (Å²) in [6.07, 6.45) is 2.09. The minimum absolute atomic E-state index is 0.0491. The summed E-state index contributed by atoms with van der Waals surface area (Å²) in [5.74, 6) is 1.14. The molecule has 162 valence electrons. The van der Waals surface area contributed by atoms with Gasteiger partial charge in [0.1, 0.15) is 5.75 Å². The van der Waals surface area contributed by atoms with Gasteiger partial charge in [-0.1, -0.05) is 22.8 Å². The number of carbonyl (C=O) groups excluding carboxylic acids is 1. The lowest BCUT2D eigenvalue weighted by molar-refractivity contribution is 0.0946. The van der Waals surface area contributed by atoms with Gasteiger partial charge in [-0.15, -0.1) is 0 Å². The van der Waals surface area contributed by atoms with Gasteiger partial charge in [-0.05, 0) is 49.2 Å². The van der Waals surface area contributed by atoms with Crippen LogP contribution in [0.3, 0.4) is 0 Å². The number of rotatable bonds is 8. The molecule has 0 aliphatic heterocycles. The smallest absolute Gasteiger partial charge is 0.262 e. The number of nitrogens with one attached hydrogen (secondary N) is 2. The molecule has 1 aliphatic carbocycles. The van der Waals surface area contributed by atoms with Gasteiger partial charge in [0, 0.05) is 16.5 Å². The molecule has 3 aromatic rings. The molecule has 4 rings (SSSR count). The summed E-state index contributed by atoms with van der Waals surface area (Å²) in [6, 6.07) is 10.2. The Morgan fingerprint density at radius 1 is 1.26 bits per heavy atom. The van der Waals surface area contributed by atoms with Gasteiger partial charge in [-0.3, -0.25) is 9.52 Å². The molecule has 0 spiro atoms. The second-order valence-electron chi connectivity index (χ2n) is 6.98. The maximum absolute atomic E-state index is 12.8. The Labute approximate surface area is 183 Å². The summed E-state index contributed by atoms with van der Waals surface area (Å²) in [5.41, 5.74) is 0.357. The lowest BCUT2D eigenvalue weighted by Crippen LogP contribution is -2.23. The number of amides is 1. The summed E-state index contributed by atoms with van der Waals surface area (Å²) in [7, 11) is -2.57. The van der Waals surface area contributed by atoms with Crippen LogP contribution in [0.4, 0.5) is 5.69 Å². The number of benzene rings is 2. The standard InChI is InChI=1S/C20H19ClN4O5S/c1-29-17-8-7-14(21)10-16(17)25-31(27,28)15-4-2-3-13(9-15)20(26)22-11-18-23-19(24-30-18)12-5-6-12/h2-4,7-10,12,25H,5-6,11H2,1H3,(H,22,26). The summed E-state index contributed by atoms with van der Waals surface area (Å²) in [4.78, 5) is 16.7. The maximum atomic E-state index is 12.8. The summed E-state index contributed by atoms with van der Waals surface area (Å²) >= 11 is 5.96. The molecule has 1 fully saturated rings. The molecule has 0 unspecified atom stereocenters. The fourth-order valence-electron chi connectivity index (χ4n) is 2.87. The third-order valence-corrected chi connectivity index (χ3v) is 6.24. The summed E-state index contributed by atoms with van der Waals surface area (Å²) < 4.78 is 38.4. The molecule has 0 radical (unpaired) electrons. The van der Waals surface area contributed by atoms with Crippen molar-refractivity contribution in [1.29, 1.82) is 0 Å². The molecule has 1 aromatic heterocycles. The number of hydrogen-bond donors (Lipinski definition) is 2. The van der Waals surface area contributed by atoms with E-state index in [9.17, 15) is 13.2 Å². The van der Waals surface area contributed by atoms with E-state index in [0.29, 0.717) is 28.4 Å². The topological polar surface area (TPSA) is 123 Å². The molecule has 9 nitrogen and oxygen atoms in total. The first-order valence-corrected chi connectivity index (χ1v) is 11.3. The zero-order valence-electron chi connectivity index (χ0n) is 16.5. The van der Waals surface area contributed by atoms with Crippen molar-refractivity contribution in [3.8, 4) is 5.75 Å². The predicted octanol–water partition coefficient (Wildman–Crippen LogP) is 3.34. The Balaban J connectivity index is 1.47. The van der Waals surface area contributed by atoms with Crippen LogP contribution in [-0.2, 0) is 16.6 Å². The van der Waals surface area contributed by atoms with E-state index in [1.807, 2.05) is 0 Å². The Kier molecular flexibility index (Phi) is 5.84. The van der Waals surface area contributed by atoms with Gasteiger partial charge in [-0.2, -0.15) is 4.98 Å². The van der Waals surface area contributed by atoms with E-state index < -0.39 is 15.9 Å². The zero-order valence-corrected chi connectivity index (χ0v) is 18.0. The van der Waals surface area contributed by atoms with Gasteiger partial charge in [-0.25, -0.2) is 8.42 Å². The van der Waals surface area contributed by atoms with Crippen LogP contribution in [0, 0.1) is 0 Å². The van der Waals surface area contributed by atoms with Crippen molar-refractivity contribution in [2.45, 2.75) is 30.2 Å². The first-order chi connectivity index (χ1) is 14.9. The summed E-state index contributed by atoms with van der Waals surface area (Å²) in [5, 5.41) is 6.89. The van der Waals surface area contributed by atoms with Gasteiger partial charge in [0.2, 0.25) is 5.89 Å². The highest BCUT2D eigenvalue weighted by molar-refractivity contribution is 7.92. The first kappa shape index (κ1) is 21.1. The monoisotopic (exact) mass is 462 g/mol. The Morgan fingerprint density at radius 2 is 2.06 bits per heavy atom. The zero-order chi connectivity index (χ0) is 22.0. The first-order valence-electron chi connectivity index (χ1n) is 9.43. The van der Waals surface area contributed by atoms with Gasteiger partial charge < -0.3 is 14.6 Å². The molecule has 11 heteroatoms. The molecule has 31 heavy (non-hydrogen) atoms. The quantitative estimate of drug-likeness (QED) is 0.526. The normalized spacial score (nSPS) is 13.6. The van der Waals surface area contributed by atoms with Crippen LogP contribution in [0.15, 0.2) is 51.9 Å². The Morgan fingerprint density at radius 3 is 2.81 bits per heavy atom. The highest BCUT2D eigenvalue weighted by Crippen LogP contribution is 2.38. The van der Waals surface area contributed by atoms with E-state index in [4.69, 9.17) is 20.9 Å². The third kappa shape index (κ3) is 4.97. The molecular weight excluding hydrogens is 444 g/mol. The second-order valence-corrected chi connectivity index (χ2v) is 9.10. The van der Waals surface area contributed by atoms with Crippen LogP contribution in [0.1, 0.15) is 40.8 Å². The van der Waals surface area contributed by atoms with Crippen molar-refractivity contribution in [2.75, 3.05) is 11.8 Å². The van der Waals surface area contributed by atoms with E-state index in [1.165, 1.54) is 37.4 Å². The molecule has 0 saturated heterocycles. The van der Waals surface area contributed by atoms with Crippen LogP contribution in [0.25, 0.3) is 0 Å². The van der Waals surface area contributed by atoms with Crippen LogP contribution in [-0.4, -0.2) is 31.6 Å².